The van der Waals surface area contributed by atoms with Gasteiger partial charge in [-0.2, -0.15) is 0 Å². The molecule has 0 aromatic heterocycles. The predicted molar refractivity (Wildman–Crippen MR) is 84.8 cm³/mol. The highest BCUT2D eigenvalue weighted by atomic mass is 32.3. The van der Waals surface area contributed by atoms with Crippen LogP contribution in [0.2, 0.25) is 0 Å². The van der Waals surface area contributed by atoms with E-state index in [9.17, 15) is 0 Å². The van der Waals surface area contributed by atoms with Crippen molar-refractivity contribution in [3.8, 4) is 0 Å². The molecule has 1 aliphatic carbocycles. The maximum atomic E-state index is 2.51. The van der Waals surface area contributed by atoms with E-state index in [2.05, 4.69) is 49.8 Å². The van der Waals surface area contributed by atoms with E-state index in [0.29, 0.717) is 0 Å². The minimum absolute atomic E-state index is 0.558. The van der Waals surface area contributed by atoms with E-state index in [1.54, 1.807) is 4.90 Å². The maximum Gasteiger partial charge on any atom is -0.00467 e. The molecule has 1 heteroatoms. The summed E-state index contributed by atoms with van der Waals surface area (Å²) in [7, 11) is -0.558. The summed E-state index contributed by atoms with van der Waals surface area (Å²) in [5.41, 5.74) is 0. The van der Waals surface area contributed by atoms with Crippen LogP contribution in [-0.4, -0.2) is 17.8 Å². The van der Waals surface area contributed by atoms with Crippen LogP contribution in [0.3, 0.4) is 0 Å². The SMILES string of the molecule is CCCCCC[C@H]1C[C@@H]1S(C)(C)c1ccccc1. The lowest BCUT2D eigenvalue weighted by Gasteiger charge is -2.32. The zero-order chi connectivity index (χ0) is 13.0. The summed E-state index contributed by atoms with van der Waals surface area (Å²) in [5.74, 6) is 1.03. The van der Waals surface area contributed by atoms with Crippen LogP contribution in [0.4, 0.5) is 0 Å². The largest absolute Gasteiger partial charge is 0.217 e. The molecule has 0 N–H and O–H groups in total. The first-order chi connectivity index (χ1) is 8.66. The lowest BCUT2D eigenvalue weighted by Crippen LogP contribution is -2.04. The van der Waals surface area contributed by atoms with Crippen LogP contribution < -0.4 is 0 Å². The van der Waals surface area contributed by atoms with Crippen molar-refractivity contribution in [3.63, 3.8) is 0 Å². The van der Waals surface area contributed by atoms with Gasteiger partial charge in [-0.15, -0.1) is 0 Å². The van der Waals surface area contributed by atoms with E-state index in [0.717, 1.165) is 11.2 Å². The van der Waals surface area contributed by atoms with Gasteiger partial charge in [0.1, 0.15) is 0 Å². The van der Waals surface area contributed by atoms with Crippen molar-refractivity contribution in [3.05, 3.63) is 30.3 Å². The van der Waals surface area contributed by atoms with Gasteiger partial charge in [-0.3, -0.25) is 0 Å². The summed E-state index contributed by atoms with van der Waals surface area (Å²) >= 11 is 0. The van der Waals surface area contributed by atoms with Crippen molar-refractivity contribution in [2.24, 2.45) is 5.92 Å². The fourth-order valence-corrected chi connectivity index (χ4v) is 6.06. The van der Waals surface area contributed by atoms with Crippen LogP contribution in [-0.2, 0) is 0 Å². The molecule has 1 aliphatic rings. The van der Waals surface area contributed by atoms with Crippen LogP contribution in [0.5, 0.6) is 0 Å². The number of unbranched alkanes of at least 4 members (excludes halogenated alkanes) is 3. The van der Waals surface area contributed by atoms with E-state index >= 15 is 0 Å². The molecule has 0 spiro atoms. The summed E-state index contributed by atoms with van der Waals surface area (Å²) < 4.78 is 0. The highest BCUT2D eigenvalue weighted by Gasteiger charge is 2.44. The van der Waals surface area contributed by atoms with Crippen LogP contribution >= 0.6 is 10.0 Å². The molecular weight excluding hydrogens is 236 g/mol. The van der Waals surface area contributed by atoms with Gasteiger partial charge in [0.15, 0.2) is 0 Å². The van der Waals surface area contributed by atoms with Crippen LogP contribution in [0.1, 0.15) is 45.4 Å². The van der Waals surface area contributed by atoms with Gasteiger partial charge in [-0.25, -0.2) is 10.0 Å². The first-order valence-corrected chi connectivity index (χ1v) is 9.94. The predicted octanol–water partition coefficient (Wildman–Crippen LogP) is 5.47. The molecule has 1 saturated carbocycles. The molecule has 0 unspecified atom stereocenters. The molecule has 2 rings (SSSR count). The molecule has 0 saturated heterocycles. The topological polar surface area (TPSA) is 0 Å². The Morgan fingerprint density at radius 1 is 1.06 bits per heavy atom. The fraction of sp³-hybridized carbons (Fsp3) is 0.647. The van der Waals surface area contributed by atoms with Gasteiger partial charge in [0.2, 0.25) is 0 Å². The summed E-state index contributed by atoms with van der Waals surface area (Å²) in [6, 6.07) is 11.2. The van der Waals surface area contributed by atoms with Crippen LogP contribution in [0.15, 0.2) is 35.2 Å². The van der Waals surface area contributed by atoms with E-state index in [1.807, 2.05) is 0 Å². The highest BCUT2D eigenvalue weighted by Crippen LogP contribution is 2.65. The van der Waals surface area contributed by atoms with Crippen molar-refractivity contribution in [1.82, 2.24) is 0 Å². The Hall–Kier alpha value is -0.430. The van der Waals surface area contributed by atoms with Crippen molar-refractivity contribution < 1.29 is 0 Å². The van der Waals surface area contributed by atoms with E-state index in [4.69, 9.17) is 0 Å². The lowest BCUT2D eigenvalue weighted by atomic mass is 10.1. The average molecular weight is 264 g/mol. The molecule has 1 aromatic rings. The molecule has 0 amide bonds. The van der Waals surface area contributed by atoms with Gasteiger partial charge in [0.25, 0.3) is 0 Å². The second-order valence-electron chi connectivity index (χ2n) is 6.10. The second kappa shape index (κ2) is 6.14. The highest BCUT2D eigenvalue weighted by molar-refractivity contribution is 8.33. The molecular formula is C17H28S. The Morgan fingerprint density at radius 3 is 2.44 bits per heavy atom. The standard InChI is InChI=1S/C17H28S/c1-4-5-6-8-11-15-14-17(15)18(2,3)16-12-9-7-10-13-16/h7,9-10,12-13,15,17H,4-6,8,11,14H2,1-3H3/t15-,17-/m0/s1. The smallest absolute Gasteiger partial charge is 0.00467 e. The van der Waals surface area contributed by atoms with Gasteiger partial charge in [-0.1, -0.05) is 62.9 Å². The van der Waals surface area contributed by atoms with Crippen molar-refractivity contribution in [2.75, 3.05) is 12.5 Å². The first kappa shape index (κ1) is 14.0. The lowest BCUT2D eigenvalue weighted by molar-refractivity contribution is 0.598. The minimum atomic E-state index is -0.558. The van der Waals surface area contributed by atoms with E-state index in [-0.39, 0.29) is 0 Å². The average Bonchev–Trinajstić information content (AvgIpc) is 3.16. The fourth-order valence-electron chi connectivity index (χ4n) is 3.02. The molecule has 0 radical (unpaired) electrons. The van der Waals surface area contributed by atoms with Crippen LogP contribution in [0, 0.1) is 5.92 Å². The van der Waals surface area contributed by atoms with Gasteiger partial charge < -0.3 is 0 Å². The van der Waals surface area contributed by atoms with Crippen molar-refractivity contribution in [1.29, 1.82) is 0 Å². The van der Waals surface area contributed by atoms with Crippen molar-refractivity contribution >= 4 is 10.0 Å². The Kier molecular flexibility index (Phi) is 4.77. The Balaban J connectivity index is 1.83. The summed E-state index contributed by atoms with van der Waals surface area (Å²) in [6.45, 7) is 2.29. The Morgan fingerprint density at radius 2 is 1.78 bits per heavy atom. The molecule has 1 fully saturated rings. The Labute approximate surface area is 114 Å². The van der Waals surface area contributed by atoms with Gasteiger partial charge in [-0.05, 0) is 41.4 Å². The third-order valence-corrected chi connectivity index (χ3v) is 7.97. The molecule has 18 heavy (non-hydrogen) atoms. The summed E-state index contributed by atoms with van der Waals surface area (Å²) in [6.07, 6.45) is 13.7. The number of benzene rings is 1. The van der Waals surface area contributed by atoms with Gasteiger partial charge >= 0.3 is 0 Å². The Bertz CT molecular complexity index is 355. The van der Waals surface area contributed by atoms with Gasteiger partial charge in [0, 0.05) is 0 Å². The third kappa shape index (κ3) is 3.32. The second-order valence-corrected chi connectivity index (χ2v) is 9.99. The molecule has 0 heterocycles. The normalized spacial score (nSPS) is 23.9. The monoisotopic (exact) mass is 264 g/mol. The van der Waals surface area contributed by atoms with Crippen molar-refractivity contribution in [2.45, 2.75) is 55.6 Å². The molecule has 0 nitrogen and oxygen atoms in total. The van der Waals surface area contributed by atoms with Crippen LogP contribution in [0.25, 0.3) is 0 Å². The summed E-state index contributed by atoms with van der Waals surface area (Å²) in [5, 5.41) is 1.00. The van der Waals surface area contributed by atoms with E-state index in [1.165, 1.54) is 38.5 Å². The molecule has 102 valence electrons. The van der Waals surface area contributed by atoms with E-state index < -0.39 is 10.0 Å². The molecule has 1 aromatic carbocycles. The first-order valence-electron chi connectivity index (χ1n) is 7.43. The zero-order valence-electron chi connectivity index (χ0n) is 12.2. The number of hydrogen-bond acceptors (Lipinski definition) is 0. The summed E-state index contributed by atoms with van der Waals surface area (Å²) in [4.78, 5) is 1.60. The third-order valence-electron chi connectivity index (χ3n) is 4.39. The minimum Gasteiger partial charge on any atom is -0.217 e. The quantitative estimate of drug-likeness (QED) is 0.573. The molecule has 0 aliphatic heterocycles. The molecule has 2 atom stereocenters. The zero-order valence-corrected chi connectivity index (χ0v) is 13.0. The number of rotatable bonds is 7. The number of hydrogen-bond donors (Lipinski definition) is 0. The molecule has 0 bridgehead atoms. The maximum absolute atomic E-state index is 2.51. The van der Waals surface area contributed by atoms with Gasteiger partial charge in [0.05, 0.1) is 0 Å².